The molecule has 0 aromatic carbocycles. The lowest BCUT2D eigenvalue weighted by atomic mass is 10.2. The molecule has 0 radical (unpaired) electrons. The summed E-state index contributed by atoms with van der Waals surface area (Å²) in [7, 11) is 2.10. The summed E-state index contributed by atoms with van der Waals surface area (Å²) in [5.41, 5.74) is 1.20. The van der Waals surface area contributed by atoms with E-state index in [1.807, 2.05) is 13.0 Å². The largest absolute Gasteiger partial charge is 0.236 e. The molecule has 0 rings (SSSR count). The Labute approximate surface area is 76.1 Å². The molecular formula is C11H20N+. The molecule has 1 nitrogen and oxygen atoms in total. The molecule has 0 saturated carbocycles. The Morgan fingerprint density at radius 3 is 2.58 bits per heavy atom. The van der Waals surface area contributed by atoms with Gasteiger partial charge in [0, 0.05) is 12.5 Å². The summed E-state index contributed by atoms with van der Waals surface area (Å²) in [6.45, 7) is 10.2. The van der Waals surface area contributed by atoms with Gasteiger partial charge in [0.15, 0.2) is 6.21 Å². The van der Waals surface area contributed by atoms with Crippen LogP contribution in [0.2, 0.25) is 0 Å². The minimum Gasteiger partial charge on any atom is -0.236 e. The highest BCUT2D eigenvalue weighted by Crippen LogP contribution is 1.94. The summed E-state index contributed by atoms with van der Waals surface area (Å²) in [4.78, 5) is 0. The second-order valence-electron chi connectivity index (χ2n) is 3.19. The third-order valence-electron chi connectivity index (χ3n) is 2.18. The van der Waals surface area contributed by atoms with Crippen LogP contribution in [0.4, 0.5) is 0 Å². The number of hydrogen-bond donors (Lipinski definition) is 0. The lowest BCUT2D eigenvalue weighted by molar-refractivity contribution is -0.529. The van der Waals surface area contributed by atoms with Crippen LogP contribution >= 0.6 is 0 Å². The maximum Gasteiger partial charge on any atom is 0.163 e. The molecule has 0 aromatic rings. The Balaban J connectivity index is 4.26. The first-order chi connectivity index (χ1) is 5.61. The average Bonchev–Trinajstić information content (AvgIpc) is 2.11. The van der Waals surface area contributed by atoms with Crippen LogP contribution in [0.1, 0.15) is 27.2 Å². The Hall–Kier alpha value is -0.850. The highest BCUT2D eigenvalue weighted by Gasteiger charge is 2.04. The van der Waals surface area contributed by atoms with E-state index in [1.54, 1.807) is 0 Å². The fourth-order valence-corrected chi connectivity index (χ4v) is 0.738. The smallest absolute Gasteiger partial charge is 0.163 e. The number of nitrogens with zero attached hydrogens (tertiary/aromatic N) is 1. The van der Waals surface area contributed by atoms with Gasteiger partial charge >= 0.3 is 0 Å². The zero-order chi connectivity index (χ0) is 9.56. The molecule has 68 valence electrons. The van der Waals surface area contributed by atoms with Crippen LogP contribution in [0.25, 0.3) is 0 Å². The lowest BCUT2D eigenvalue weighted by Crippen LogP contribution is -2.18. The first-order valence-corrected chi connectivity index (χ1v) is 4.48. The summed E-state index contributed by atoms with van der Waals surface area (Å²) in [5, 5.41) is 0. The maximum absolute atomic E-state index is 3.70. The molecule has 0 saturated heterocycles. The van der Waals surface area contributed by atoms with Crippen LogP contribution in [0, 0.1) is 0 Å². The molecule has 1 heteroatoms. The van der Waals surface area contributed by atoms with E-state index in [0.29, 0.717) is 6.04 Å². The first kappa shape index (κ1) is 11.2. The van der Waals surface area contributed by atoms with E-state index in [-0.39, 0.29) is 0 Å². The van der Waals surface area contributed by atoms with Gasteiger partial charge in [-0.2, -0.15) is 0 Å². The van der Waals surface area contributed by atoms with E-state index in [9.17, 15) is 0 Å². The van der Waals surface area contributed by atoms with Gasteiger partial charge in [-0.3, -0.25) is 0 Å². The first-order valence-electron chi connectivity index (χ1n) is 4.48. The third-order valence-corrected chi connectivity index (χ3v) is 2.18. The van der Waals surface area contributed by atoms with Gasteiger partial charge < -0.3 is 0 Å². The van der Waals surface area contributed by atoms with Crippen molar-refractivity contribution >= 4 is 6.21 Å². The average molecular weight is 166 g/mol. The van der Waals surface area contributed by atoms with E-state index >= 15 is 0 Å². The summed E-state index contributed by atoms with van der Waals surface area (Å²) in [6, 6.07) is 0.610. The summed E-state index contributed by atoms with van der Waals surface area (Å²) >= 11 is 0. The van der Waals surface area contributed by atoms with E-state index in [1.165, 1.54) is 12.0 Å². The Bertz CT molecular complexity index is 199. The predicted octanol–water partition coefficient (Wildman–Crippen LogP) is 2.63. The van der Waals surface area contributed by atoms with Gasteiger partial charge in [-0.15, -0.1) is 0 Å². The SMILES string of the molecule is C=C/C(C)=C/C=[N+](\C)[C@H](C)CC. The highest BCUT2D eigenvalue weighted by molar-refractivity contribution is 5.68. The van der Waals surface area contributed by atoms with Crippen molar-refractivity contribution in [2.45, 2.75) is 33.2 Å². The molecule has 0 aliphatic carbocycles. The van der Waals surface area contributed by atoms with Crippen molar-refractivity contribution in [3.8, 4) is 0 Å². The summed E-state index contributed by atoms with van der Waals surface area (Å²) in [6.07, 6.45) is 7.22. The fourth-order valence-electron chi connectivity index (χ4n) is 0.738. The molecule has 12 heavy (non-hydrogen) atoms. The maximum atomic E-state index is 3.70. The van der Waals surface area contributed by atoms with Crippen molar-refractivity contribution in [3.63, 3.8) is 0 Å². The third kappa shape index (κ3) is 4.12. The minimum absolute atomic E-state index is 0.610. The highest BCUT2D eigenvalue weighted by atomic mass is 15.0. The van der Waals surface area contributed by atoms with Crippen molar-refractivity contribution < 1.29 is 4.58 Å². The van der Waals surface area contributed by atoms with E-state index in [4.69, 9.17) is 0 Å². The Morgan fingerprint density at radius 2 is 2.17 bits per heavy atom. The zero-order valence-corrected chi connectivity index (χ0v) is 8.67. The van der Waals surface area contributed by atoms with Crippen molar-refractivity contribution in [2.24, 2.45) is 0 Å². The Kier molecular flexibility index (Phi) is 5.35. The number of hydrogen-bond acceptors (Lipinski definition) is 0. The molecule has 0 spiro atoms. The molecule has 0 N–H and O–H groups in total. The normalized spacial score (nSPS) is 16.0. The van der Waals surface area contributed by atoms with Gasteiger partial charge in [0.25, 0.3) is 0 Å². The van der Waals surface area contributed by atoms with Crippen LogP contribution in [-0.2, 0) is 0 Å². The summed E-state index contributed by atoms with van der Waals surface area (Å²) < 4.78 is 2.22. The summed E-state index contributed by atoms with van der Waals surface area (Å²) in [5.74, 6) is 0. The Morgan fingerprint density at radius 1 is 1.58 bits per heavy atom. The predicted molar refractivity (Wildman–Crippen MR) is 56.0 cm³/mol. The molecule has 0 heterocycles. The number of rotatable bonds is 4. The molecule has 0 unspecified atom stereocenters. The molecule has 0 aliphatic heterocycles. The van der Waals surface area contributed by atoms with Crippen LogP contribution in [0.3, 0.4) is 0 Å². The van der Waals surface area contributed by atoms with Gasteiger partial charge in [0.05, 0.1) is 0 Å². The van der Waals surface area contributed by atoms with Crippen molar-refractivity contribution in [2.75, 3.05) is 7.05 Å². The quantitative estimate of drug-likeness (QED) is 0.343. The van der Waals surface area contributed by atoms with Gasteiger partial charge in [0.1, 0.15) is 13.1 Å². The molecular weight excluding hydrogens is 146 g/mol. The van der Waals surface area contributed by atoms with E-state index in [0.717, 1.165) is 0 Å². The van der Waals surface area contributed by atoms with E-state index < -0.39 is 0 Å². The van der Waals surface area contributed by atoms with Crippen molar-refractivity contribution in [3.05, 3.63) is 24.3 Å². The van der Waals surface area contributed by atoms with Gasteiger partial charge in [0.2, 0.25) is 0 Å². The second kappa shape index (κ2) is 5.76. The van der Waals surface area contributed by atoms with Crippen LogP contribution in [0.15, 0.2) is 24.3 Å². The fraction of sp³-hybridized carbons (Fsp3) is 0.545. The molecule has 1 atom stereocenters. The molecule has 0 aliphatic rings. The van der Waals surface area contributed by atoms with Crippen molar-refractivity contribution in [1.29, 1.82) is 0 Å². The van der Waals surface area contributed by atoms with Gasteiger partial charge in [-0.25, -0.2) is 4.58 Å². The van der Waals surface area contributed by atoms with Crippen LogP contribution in [0.5, 0.6) is 0 Å². The van der Waals surface area contributed by atoms with Gasteiger partial charge in [-0.05, 0) is 19.4 Å². The second-order valence-corrected chi connectivity index (χ2v) is 3.19. The van der Waals surface area contributed by atoms with Crippen molar-refractivity contribution in [1.82, 2.24) is 0 Å². The monoisotopic (exact) mass is 166 g/mol. The molecule has 0 amide bonds. The topological polar surface area (TPSA) is 3.01 Å². The standard InChI is InChI=1S/C11H20N/c1-6-10(3)8-9-12(5)11(4)7-2/h6,8-9,11H,1,7H2,2-5H3/q+1/b10-8+,12-9+/t11-/m1/s1. The van der Waals surface area contributed by atoms with E-state index in [2.05, 4.69) is 44.3 Å². The molecule has 0 fully saturated rings. The molecule has 0 aromatic heterocycles. The minimum atomic E-state index is 0.610. The zero-order valence-electron chi connectivity index (χ0n) is 8.67. The van der Waals surface area contributed by atoms with Crippen LogP contribution in [-0.4, -0.2) is 23.9 Å². The number of allylic oxidation sites excluding steroid dienone is 3. The lowest BCUT2D eigenvalue weighted by Gasteiger charge is -2.02. The van der Waals surface area contributed by atoms with Crippen LogP contribution < -0.4 is 0 Å². The molecule has 0 bridgehead atoms. The van der Waals surface area contributed by atoms with Gasteiger partial charge in [-0.1, -0.05) is 19.6 Å².